The summed E-state index contributed by atoms with van der Waals surface area (Å²) in [6, 6.07) is 12.9. The van der Waals surface area contributed by atoms with E-state index < -0.39 is 15.9 Å². The fourth-order valence-corrected chi connectivity index (χ4v) is 3.14. The minimum Gasteiger partial charge on any atom is -0.346 e. The number of nitrogens with zero attached hydrogens (tertiary/aromatic N) is 2. The predicted octanol–water partition coefficient (Wildman–Crippen LogP) is 1.55. The number of rotatable bonds is 4. The number of sulfonamides is 1. The van der Waals surface area contributed by atoms with Crippen LogP contribution in [-0.2, 0) is 14.8 Å². The summed E-state index contributed by atoms with van der Waals surface area (Å²) < 4.78 is 27.9. The van der Waals surface area contributed by atoms with Crippen LogP contribution in [0.3, 0.4) is 0 Å². The maximum absolute atomic E-state index is 11.4. The molecule has 0 radical (unpaired) electrons. The van der Waals surface area contributed by atoms with Crippen LogP contribution in [0.4, 0.5) is 5.69 Å². The summed E-state index contributed by atoms with van der Waals surface area (Å²) in [6.07, 6.45) is 0. The number of methoxy groups -OCH3 is 1. The van der Waals surface area contributed by atoms with Crippen LogP contribution in [-0.4, -0.2) is 38.9 Å². The Balaban J connectivity index is 2.03. The number of primary sulfonamides is 1. The summed E-state index contributed by atoms with van der Waals surface area (Å²) in [5.74, 6) is -1.26. The minimum atomic E-state index is -3.78. The average Bonchev–Trinajstić information content (AvgIpc) is 2.94. The van der Waals surface area contributed by atoms with Crippen LogP contribution in [0.5, 0.6) is 0 Å². The fraction of sp³-hybridized carbons (Fsp3) is 0.188. The first-order chi connectivity index (χ1) is 11.7. The van der Waals surface area contributed by atoms with E-state index in [1.165, 1.54) is 19.2 Å². The van der Waals surface area contributed by atoms with Gasteiger partial charge in [0.15, 0.2) is 0 Å². The summed E-state index contributed by atoms with van der Waals surface area (Å²) >= 11 is 5.92. The Morgan fingerprint density at radius 2 is 1.80 bits per heavy atom. The Morgan fingerprint density at radius 3 is 2.32 bits per heavy atom. The van der Waals surface area contributed by atoms with Gasteiger partial charge in [-0.15, -0.1) is 0 Å². The van der Waals surface area contributed by atoms with E-state index in [1.807, 2.05) is 0 Å². The van der Waals surface area contributed by atoms with Gasteiger partial charge in [0.25, 0.3) is 5.91 Å². The van der Waals surface area contributed by atoms with E-state index in [4.69, 9.17) is 21.5 Å². The summed E-state index contributed by atoms with van der Waals surface area (Å²) in [6.45, 7) is 0.0808. The topological polar surface area (TPSA) is 105 Å². The zero-order chi connectivity index (χ0) is 18.2. The molecule has 1 heterocycles. The van der Waals surface area contributed by atoms with E-state index in [2.05, 4.69) is 4.99 Å². The fourth-order valence-electron chi connectivity index (χ4n) is 2.50. The number of ether oxygens (including phenoxy) is 1. The highest BCUT2D eigenvalue weighted by molar-refractivity contribution is 7.89. The number of anilines is 1. The van der Waals surface area contributed by atoms with Gasteiger partial charge < -0.3 is 14.7 Å². The van der Waals surface area contributed by atoms with Crippen molar-refractivity contribution >= 4 is 33.1 Å². The van der Waals surface area contributed by atoms with E-state index >= 15 is 0 Å². The lowest BCUT2D eigenvalue weighted by molar-refractivity contribution is -0.163. The highest BCUT2D eigenvalue weighted by Gasteiger charge is 2.39. The molecule has 2 aromatic rings. The minimum absolute atomic E-state index is 0.00473. The molecule has 1 aliphatic rings. The van der Waals surface area contributed by atoms with Crippen molar-refractivity contribution in [3.8, 4) is 0 Å². The van der Waals surface area contributed by atoms with Gasteiger partial charge in [-0.3, -0.25) is 0 Å². The Labute approximate surface area is 150 Å². The predicted molar refractivity (Wildman–Crippen MR) is 95.1 cm³/mol. The molecule has 0 amide bonds. The lowest BCUT2D eigenvalue weighted by Gasteiger charge is -2.23. The van der Waals surface area contributed by atoms with Crippen molar-refractivity contribution in [3.63, 3.8) is 0 Å². The number of halogens is 1. The third kappa shape index (κ3) is 3.68. The molecule has 2 aromatic carbocycles. The first-order valence-corrected chi connectivity index (χ1v) is 9.18. The molecule has 25 heavy (non-hydrogen) atoms. The largest absolute Gasteiger partial charge is 0.346 e. The third-order valence-electron chi connectivity index (χ3n) is 3.81. The Kier molecular flexibility index (Phi) is 4.56. The zero-order valence-electron chi connectivity index (χ0n) is 13.3. The highest BCUT2D eigenvalue weighted by Crippen LogP contribution is 2.29. The first-order valence-electron chi connectivity index (χ1n) is 7.26. The Hall–Kier alpha value is -1.97. The molecule has 0 saturated heterocycles. The van der Waals surface area contributed by atoms with Crippen LogP contribution in [0.25, 0.3) is 0 Å². The van der Waals surface area contributed by atoms with Gasteiger partial charge in [-0.2, -0.15) is 0 Å². The molecular formula is C16H16ClN3O4S. The van der Waals surface area contributed by atoms with E-state index in [0.717, 1.165) is 5.69 Å². The van der Waals surface area contributed by atoms with Crippen molar-refractivity contribution in [2.75, 3.05) is 18.6 Å². The number of amidine groups is 1. The van der Waals surface area contributed by atoms with Crippen molar-refractivity contribution in [2.45, 2.75) is 10.8 Å². The molecule has 9 heteroatoms. The molecule has 1 unspecified atom stereocenters. The SMILES string of the molecule is COC1(O)CN(c2ccc(Cl)cc2)C(c2ccc(S(N)(=O)=O)cc2)=N1. The van der Waals surface area contributed by atoms with Crippen molar-refractivity contribution in [3.05, 3.63) is 59.1 Å². The van der Waals surface area contributed by atoms with Crippen molar-refractivity contribution in [1.82, 2.24) is 0 Å². The molecule has 0 fully saturated rings. The number of hydrogen-bond donors (Lipinski definition) is 2. The van der Waals surface area contributed by atoms with E-state index in [9.17, 15) is 13.5 Å². The first kappa shape index (κ1) is 17.8. The molecule has 3 N–H and O–H groups in total. The second-order valence-electron chi connectivity index (χ2n) is 5.51. The standard InChI is InChI=1S/C16H16ClN3O4S/c1-24-16(21)10-20(13-6-4-12(17)5-7-13)15(19-16)11-2-8-14(9-3-11)25(18,22)23/h2-9,21H,10H2,1H3,(H2,18,22,23). The van der Waals surface area contributed by atoms with Gasteiger partial charge in [0.2, 0.25) is 10.0 Å². The number of benzene rings is 2. The van der Waals surface area contributed by atoms with Crippen LogP contribution in [0.1, 0.15) is 5.56 Å². The number of β-amino-alcohol motifs (C(OH)–C–C–N with tert-alkyl or cyclic N) is 1. The van der Waals surface area contributed by atoms with Crippen molar-refractivity contribution < 1.29 is 18.3 Å². The van der Waals surface area contributed by atoms with Gasteiger partial charge in [-0.25, -0.2) is 18.5 Å². The summed E-state index contributed by atoms with van der Waals surface area (Å²) in [5.41, 5.74) is 1.36. The van der Waals surface area contributed by atoms with Gasteiger partial charge in [0, 0.05) is 23.4 Å². The maximum Gasteiger partial charge on any atom is 0.287 e. The lowest BCUT2D eigenvalue weighted by atomic mass is 10.2. The third-order valence-corrected chi connectivity index (χ3v) is 4.99. The molecule has 0 aliphatic carbocycles. The number of nitrogens with two attached hydrogens (primary N) is 1. The van der Waals surface area contributed by atoms with Crippen molar-refractivity contribution in [1.29, 1.82) is 0 Å². The quantitative estimate of drug-likeness (QED) is 0.781. The smallest absolute Gasteiger partial charge is 0.287 e. The van der Waals surface area contributed by atoms with Gasteiger partial charge in [0.05, 0.1) is 4.90 Å². The van der Waals surface area contributed by atoms with E-state index in [0.29, 0.717) is 16.4 Å². The molecule has 0 aromatic heterocycles. The summed E-state index contributed by atoms with van der Waals surface area (Å²) in [7, 11) is -2.43. The molecule has 3 rings (SSSR count). The normalized spacial score (nSPS) is 20.6. The monoisotopic (exact) mass is 381 g/mol. The second-order valence-corrected chi connectivity index (χ2v) is 7.51. The Bertz CT molecular complexity index is 913. The van der Waals surface area contributed by atoms with Crippen molar-refractivity contribution in [2.24, 2.45) is 10.1 Å². The number of aliphatic hydroxyl groups is 1. The van der Waals surface area contributed by atoms with Gasteiger partial charge >= 0.3 is 0 Å². The van der Waals surface area contributed by atoms with Gasteiger partial charge in [-0.05, 0) is 48.5 Å². The van der Waals surface area contributed by atoms with Crippen LogP contribution in [0.2, 0.25) is 5.02 Å². The number of aliphatic imine (C=N–C) groups is 1. The van der Waals surface area contributed by atoms with Crippen LogP contribution < -0.4 is 10.0 Å². The van der Waals surface area contributed by atoms with E-state index in [1.54, 1.807) is 41.3 Å². The Morgan fingerprint density at radius 1 is 1.20 bits per heavy atom. The van der Waals surface area contributed by atoms with Crippen LogP contribution >= 0.6 is 11.6 Å². The van der Waals surface area contributed by atoms with E-state index in [-0.39, 0.29) is 11.4 Å². The second kappa shape index (κ2) is 6.40. The molecule has 1 aliphatic heterocycles. The summed E-state index contributed by atoms with van der Waals surface area (Å²) in [5, 5.41) is 16.1. The molecule has 132 valence electrons. The average molecular weight is 382 g/mol. The molecule has 0 saturated carbocycles. The molecular weight excluding hydrogens is 366 g/mol. The lowest BCUT2D eigenvalue weighted by Crippen LogP contribution is -2.37. The molecule has 0 spiro atoms. The highest BCUT2D eigenvalue weighted by atomic mass is 35.5. The van der Waals surface area contributed by atoms with Crippen LogP contribution in [0.15, 0.2) is 58.4 Å². The molecule has 7 nitrogen and oxygen atoms in total. The van der Waals surface area contributed by atoms with Crippen LogP contribution in [0, 0.1) is 0 Å². The number of hydrogen-bond acceptors (Lipinski definition) is 6. The molecule has 0 bridgehead atoms. The maximum atomic E-state index is 11.4. The zero-order valence-corrected chi connectivity index (χ0v) is 14.8. The summed E-state index contributed by atoms with van der Waals surface area (Å²) in [4.78, 5) is 5.99. The molecule has 1 atom stereocenters. The van der Waals surface area contributed by atoms with Gasteiger partial charge in [0.1, 0.15) is 12.4 Å². The van der Waals surface area contributed by atoms with Gasteiger partial charge in [-0.1, -0.05) is 11.6 Å².